The summed E-state index contributed by atoms with van der Waals surface area (Å²) in [7, 11) is -3.57. The second kappa shape index (κ2) is 16.4. The lowest BCUT2D eigenvalue weighted by atomic mass is 10.1. The number of hydrogen-bond acceptors (Lipinski definition) is 18. The molecule has 0 unspecified atom stereocenters. The third-order valence-corrected chi connectivity index (χ3v) is 8.26. The van der Waals surface area contributed by atoms with Crippen LogP contribution in [0.2, 0.25) is 0 Å². The molecule has 8 rings (SSSR count). The van der Waals surface area contributed by atoms with Gasteiger partial charge in [0.25, 0.3) is 16.7 Å². The van der Waals surface area contributed by atoms with Crippen molar-refractivity contribution >= 4 is 39.2 Å². The number of nitrogens with zero attached hydrogens (tertiary/aromatic N) is 10. The Kier molecular flexibility index (Phi) is 11.3. The molecule has 2 aromatic carbocycles. The molecule has 0 spiro atoms. The van der Waals surface area contributed by atoms with Crippen LogP contribution in [0.4, 0.5) is 26.6 Å². The topological polar surface area (TPSA) is 303 Å². The molecule has 0 fully saturated rings. The van der Waals surface area contributed by atoms with E-state index < -0.39 is 26.6 Å². The van der Waals surface area contributed by atoms with Crippen LogP contribution in [0.1, 0.15) is 11.1 Å². The molecule has 0 aliphatic heterocycles. The Morgan fingerprint density at radius 2 is 1.25 bits per heavy atom. The fraction of sp³-hybridized carbons (Fsp3) is 0.152. The van der Waals surface area contributed by atoms with Gasteiger partial charge in [0.15, 0.2) is 34.7 Å². The maximum atomic E-state index is 13.3. The quantitative estimate of drug-likeness (QED) is 0.122. The summed E-state index contributed by atoms with van der Waals surface area (Å²) in [6.45, 7) is 0.934. The minimum atomic E-state index is -3.57. The molecule has 0 atom stereocenters. The normalized spacial score (nSPS) is 11.2. The van der Waals surface area contributed by atoms with Crippen LogP contribution in [0.3, 0.4) is 0 Å². The average Bonchev–Trinajstić information content (AvgIpc) is 3.99. The Labute approximate surface area is 314 Å². The van der Waals surface area contributed by atoms with Gasteiger partial charge in [-0.3, -0.25) is 0 Å². The highest BCUT2D eigenvalue weighted by atomic mass is 32.2. The van der Waals surface area contributed by atoms with Crippen LogP contribution in [0.5, 0.6) is 11.5 Å². The van der Waals surface area contributed by atoms with Gasteiger partial charge < -0.3 is 41.6 Å². The molecule has 23 heteroatoms. The van der Waals surface area contributed by atoms with Crippen molar-refractivity contribution in [3.05, 3.63) is 96.0 Å². The van der Waals surface area contributed by atoms with Crippen molar-refractivity contribution in [1.82, 2.24) is 49.1 Å². The number of nitrogen functional groups attached to an aromatic ring is 2. The molecule has 6 heterocycles. The fourth-order valence-corrected chi connectivity index (χ4v) is 5.26. The van der Waals surface area contributed by atoms with Gasteiger partial charge in [0.2, 0.25) is 39.3 Å². The van der Waals surface area contributed by atoms with E-state index in [1.807, 2.05) is 0 Å². The second-order valence-electron chi connectivity index (χ2n) is 11.6. The first kappa shape index (κ1) is 38.5. The van der Waals surface area contributed by atoms with Crippen molar-refractivity contribution < 1.29 is 36.2 Å². The van der Waals surface area contributed by atoms with Crippen molar-refractivity contribution in [3.8, 4) is 34.7 Å². The minimum Gasteiger partial charge on any atom is -0.505 e. The highest BCUT2D eigenvalue weighted by Crippen LogP contribution is 2.20. The van der Waals surface area contributed by atoms with Gasteiger partial charge >= 0.3 is 0 Å². The maximum absolute atomic E-state index is 13.3. The third kappa shape index (κ3) is 9.08. The van der Waals surface area contributed by atoms with Gasteiger partial charge in [-0.25, -0.2) is 17.2 Å². The van der Waals surface area contributed by atoms with E-state index in [2.05, 4.69) is 45.4 Å². The number of aromatic nitrogens is 10. The number of rotatable bonds is 9. The number of nitrogens with two attached hydrogens (primary N) is 3. The first-order valence-electron chi connectivity index (χ1n) is 16.3. The molecule has 0 saturated heterocycles. The maximum Gasteiger partial charge on any atom is 0.259 e. The zero-order valence-corrected chi connectivity index (χ0v) is 30.0. The van der Waals surface area contributed by atoms with Gasteiger partial charge in [0.05, 0.1) is 12.5 Å². The van der Waals surface area contributed by atoms with E-state index in [-0.39, 0.29) is 46.7 Å². The Balaban J connectivity index is 0.000000155. The van der Waals surface area contributed by atoms with Gasteiger partial charge in [0.1, 0.15) is 0 Å². The number of fused-ring (bicyclic) bond motifs is 2. The van der Waals surface area contributed by atoms with Crippen molar-refractivity contribution in [2.24, 2.45) is 5.73 Å². The van der Waals surface area contributed by atoms with Crippen LogP contribution in [-0.2, 0) is 22.7 Å². The lowest BCUT2D eigenvalue weighted by Gasteiger charge is -2.06. The lowest BCUT2D eigenvalue weighted by Crippen LogP contribution is -2.12. The second-order valence-corrected chi connectivity index (χ2v) is 13.5. The van der Waals surface area contributed by atoms with Crippen molar-refractivity contribution in [1.29, 1.82) is 0 Å². The van der Waals surface area contributed by atoms with Crippen LogP contribution < -0.4 is 22.5 Å². The highest BCUT2D eigenvalue weighted by Gasteiger charge is 2.18. The number of anilines is 3. The van der Waals surface area contributed by atoms with Crippen LogP contribution in [0.25, 0.3) is 34.7 Å². The van der Waals surface area contributed by atoms with Gasteiger partial charge in [-0.05, 0) is 79.0 Å². The molecular formula is C33H32F2N14O6S. The van der Waals surface area contributed by atoms with E-state index in [4.69, 9.17) is 31.1 Å². The molecule has 0 amide bonds. The molecule has 290 valence electrons. The Morgan fingerprint density at radius 1 is 0.732 bits per heavy atom. The largest absolute Gasteiger partial charge is 0.505 e. The summed E-state index contributed by atoms with van der Waals surface area (Å²) >= 11 is 0. The summed E-state index contributed by atoms with van der Waals surface area (Å²) in [5.74, 6) is 0.208. The fourth-order valence-electron chi connectivity index (χ4n) is 4.75. The van der Waals surface area contributed by atoms with E-state index in [9.17, 15) is 22.3 Å². The molecule has 0 aliphatic rings. The van der Waals surface area contributed by atoms with Crippen LogP contribution in [-0.4, -0.2) is 87.1 Å². The molecule has 8 aromatic rings. The van der Waals surface area contributed by atoms with Crippen LogP contribution >= 0.6 is 0 Å². The predicted octanol–water partition coefficient (Wildman–Crippen LogP) is 2.66. The molecule has 9 N–H and O–H groups in total. The zero-order chi connectivity index (χ0) is 40.0. The standard InChI is InChI=1S/C16H14FN7O2.C9H8N6O3S.C8H10FNO/c17-10-8-9(3-4-11(10)25)5-6-19-15-21-14(18)24-16(22-15)20-13(23-24)12-2-1-7-26-12;1-19(16,17)9-12-7(10)15-8(13-9)11-6(14-15)5-3-2-4-18-5;9-7-5-6(3-4-10)1-2-8(7)11/h1-4,7-8,25H,5-6H2,(H3,18,19,20,21,22,23);2-4H,1H3,(H2,10,11,12,13,14);1-2,5,11H,3-4,10H2. The average molecular weight is 791 g/mol. The molecule has 0 radical (unpaired) electrons. The van der Waals surface area contributed by atoms with E-state index in [1.165, 1.54) is 41.3 Å². The Hall–Kier alpha value is -7.27. The Bertz CT molecular complexity index is 2710. The predicted molar refractivity (Wildman–Crippen MR) is 196 cm³/mol. The molecule has 20 nitrogen and oxygen atoms in total. The van der Waals surface area contributed by atoms with Crippen molar-refractivity contribution in [3.63, 3.8) is 0 Å². The minimum absolute atomic E-state index is 0.0410. The van der Waals surface area contributed by atoms with Gasteiger partial charge in [-0.1, -0.05) is 12.1 Å². The van der Waals surface area contributed by atoms with Crippen molar-refractivity contribution in [2.75, 3.05) is 36.1 Å². The number of sulfone groups is 1. The number of benzene rings is 2. The highest BCUT2D eigenvalue weighted by molar-refractivity contribution is 7.90. The smallest absolute Gasteiger partial charge is 0.259 e. The molecule has 0 aliphatic carbocycles. The summed E-state index contributed by atoms with van der Waals surface area (Å²) in [5.41, 5.74) is 18.3. The molecular weight excluding hydrogens is 759 g/mol. The monoisotopic (exact) mass is 790 g/mol. The van der Waals surface area contributed by atoms with Crippen molar-refractivity contribution in [2.45, 2.75) is 18.0 Å². The first-order chi connectivity index (χ1) is 26.8. The van der Waals surface area contributed by atoms with E-state index in [1.54, 1.807) is 36.4 Å². The summed E-state index contributed by atoms with van der Waals surface area (Å²) in [5, 5.41) is 28.9. The number of hydrogen-bond donors (Lipinski definition) is 6. The summed E-state index contributed by atoms with van der Waals surface area (Å²) in [6, 6.07) is 15.3. The molecule has 0 saturated carbocycles. The van der Waals surface area contributed by atoms with Crippen LogP contribution in [0.15, 0.2) is 87.2 Å². The van der Waals surface area contributed by atoms with E-state index in [0.717, 1.165) is 21.9 Å². The summed E-state index contributed by atoms with van der Waals surface area (Å²) in [4.78, 5) is 24.2. The van der Waals surface area contributed by atoms with Gasteiger partial charge in [-0.15, -0.1) is 10.2 Å². The van der Waals surface area contributed by atoms with Gasteiger partial charge in [-0.2, -0.15) is 38.9 Å². The summed E-state index contributed by atoms with van der Waals surface area (Å²) in [6.07, 6.45) is 5.13. The zero-order valence-electron chi connectivity index (χ0n) is 29.2. The molecule has 56 heavy (non-hydrogen) atoms. The third-order valence-electron chi connectivity index (χ3n) is 7.42. The number of furan rings is 2. The molecule has 0 bridgehead atoms. The van der Waals surface area contributed by atoms with Gasteiger partial charge in [0, 0.05) is 12.8 Å². The molecule has 6 aromatic heterocycles. The van der Waals surface area contributed by atoms with E-state index >= 15 is 0 Å². The van der Waals surface area contributed by atoms with E-state index in [0.29, 0.717) is 43.3 Å². The number of phenols is 2. The summed E-state index contributed by atoms with van der Waals surface area (Å²) < 4.78 is 61.6. The lowest BCUT2D eigenvalue weighted by molar-refractivity contribution is 0.431. The number of aromatic hydroxyl groups is 2. The first-order valence-corrected chi connectivity index (χ1v) is 18.1. The number of phenolic OH excluding ortho intramolecular Hbond substituents is 2. The Morgan fingerprint density at radius 3 is 1.73 bits per heavy atom. The van der Waals surface area contributed by atoms with Crippen LogP contribution in [0, 0.1) is 11.6 Å². The number of halogens is 2. The SMILES string of the molecule is CS(=O)(=O)c1nc(N)n2nc(-c3ccco3)nc2n1.NCCc1ccc(O)c(F)c1.Nc1nc(NCCc2ccc(O)c(F)c2)nc2nc(-c3ccco3)nn12. The number of nitrogens with one attached hydrogen (secondary N) is 1.